The Labute approximate surface area is 105 Å². The van der Waals surface area contributed by atoms with Crippen molar-refractivity contribution in [2.75, 3.05) is 0 Å². The standard InChI is InChI=1S/C12H18BrFN2/c1-3-4-8(2)12(16-15)10-6-5-9(13)7-11(10)14/h5-8,12,16H,3-4,15H2,1-2H3. The van der Waals surface area contributed by atoms with Crippen molar-refractivity contribution < 1.29 is 4.39 Å². The molecule has 0 bridgehead atoms. The highest BCUT2D eigenvalue weighted by Gasteiger charge is 2.20. The molecule has 0 radical (unpaired) electrons. The van der Waals surface area contributed by atoms with Crippen LogP contribution in [-0.2, 0) is 0 Å². The smallest absolute Gasteiger partial charge is 0.129 e. The lowest BCUT2D eigenvalue weighted by atomic mass is 9.91. The van der Waals surface area contributed by atoms with Gasteiger partial charge in [0.05, 0.1) is 6.04 Å². The van der Waals surface area contributed by atoms with E-state index in [1.165, 1.54) is 6.07 Å². The fourth-order valence-electron chi connectivity index (χ4n) is 1.94. The van der Waals surface area contributed by atoms with Gasteiger partial charge in [-0.25, -0.2) is 4.39 Å². The van der Waals surface area contributed by atoms with Crippen molar-refractivity contribution in [1.29, 1.82) is 0 Å². The first-order valence-electron chi connectivity index (χ1n) is 5.51. The quantitative estimate of drug-likeness (QED) is 0.643. The van der Waals surface area contributed by atoms with E-state index in [0.717, 1.165) is 17.3 Å². The Kier molecular flexibility index (Phi) is 5.38. The van der Waals surface area contributed by atoms with Gasteiger partial charge in [-0.2, -0.15) is 0 Å². The molecule has 1 aromatic rings. The van der Waals surface area contributed by atoms with Crippen LogP contribution in [0, 0.1) is 11.7 Å². The zero-order chi connectivity index (χ0) is 12.1. The second-order valence-electron chi connectivity index (χ2n) is 4.08. The second-order valence-corrected chi connectivity index (χ2v) is 4.99. The van der Waals surface area contributed by atoms with Gasteiger partial charge >= 0.3 is 0 Å². The van der Waals surface area contributed by atoms with E-state index in [1.54, 1.807) is 6.07 Å². The third-order valence-electron chi connectivity index (χ3n) is 2.79. The predicted molar refractivity (Wildman–Crippen MR) is 68.2 cm³/mol. The van der Waals surface area contributed by atoms with E-state index >= 15 is 0 Å². The van der Waals surface area contributed by atoms with Crippen LogP contribution in [0.4, 0.5) is 4.39 Å². The number of hydrogen-bond donors (Lipinski definition) is 2. The van der Waals surface area contributed by atoms with Crippen LogP contribution in [0.3, 0.4) is 0 Å². The molecular weight excluding hydrogens is 271 g/mol. The normalized spacial score (nSPS) is 14.8. The average Bonchev–Trinajstić information content (AvgIpc) is 2.22. The number of nitrogens with one attached hydrogen (secondary N) is 1. The summed E-state index contributed by atoms with van der Waals surface area (Å²) in [6, 6.07) is 4.95. The third kappa shape index (κ3) is 3.27. The molecule has 1 aromatic carbocycles. The minimum atomic E-state index is -0.222. The highest BCUT2D eigenvalue weighted by atomic mass is 79.9. The van der Waals surface area contributed by atoms with E-state index in [-0.39, 0.29) is 11.9 Å². The lowest BCUT2D eigenvalue weighted by Crippen LogP contribution is -2.33. The van der Waals surface area contributed by atoms with Crippen LogP contribution in [0.15, 0.2) is 22.7 Å². The summed E-state index contributed by atoms with van der Waals surface area (Å²) in [6.45, 7) is 4.19. The Morgan fingerprint density at radius 2 is 2.19 bits per heavy atom. The lowest BCUT2D eigenvalue weighted by molar-refractivity contribution is 0.357. The first-order chi connectivity index (χ1) is 7.60. The van der Waals surface area contributed by atoms with Gasteiger partial charge < -0.3 is 0 Å². The molecule has 0 saturated heterocycles. The fourth-order valence-corrected chi connectivity index (χ4v) is 2.27. The zero-order valence-electron chi connectivity index (χ0n) is 9.63. The Morgan fingerprint density at radius 1 is 1.50 bits per heavy atom. The zero-order valence-corrected chi connectivity index (χ0v) is 11.2. The van der Waals surface area contributed by atoms with E-state index in [9.17, 15) is 4.39 Å². The maximum absolute atomic E-state index is 13.8. The van der Waals surface area contributed by atoms with E-state index in [4.69, 9.17) is 5.84 Å². The largest absolute Gasteiger partial charge is 0.271 e. The monoisotopic (exact) mass is 288 g/mol. The fraction of sp³-hybridized carbons (Fsp3) is 0.500. The second kappa shape index (κ2) is 6.33. The van der Waals surface area contributed by atoms with E-state index in [1.807, 2.05) is 6.07 Å². The number of benzene rings is 1. The number of hydrogen-bond acceptors (Lipinski definition) is 2. The molecule has 90 valence electrons. The molecule has 0 spiro atoms. The molecule has 0 aliphatic carbocycles. The summed E-state index contributed by atoms with van der Waals surface area (Å²) in [7, 11) is 0. The Balaban J connectivity index is 2.94. The summed E-state index contributed by atoms with van der Waals surface area (Å²) in [5.41, 5.74) is 3.34. The molecule has 1 rings (SSSR count). The van der Waals surface area contributed by atoms with E-state index < -0.39 is 0 Å². The maximum Gasteiger partial charge on any atom is 0.129 e. The van der Waals surface area contributed by atoms with Gasteiger partial charge in [0, 0.05) is 10.0 Å². The van der Waals surface area contributed by atoms with Crippen LogP contribution >= 0.6 is 15.9 Å². The van der Waals surface area contributed by atoms with Crippen molar-refractivity contribution >= 4 is 15.9 Å². The molecule has 2 unspecified atom stereocenters. The molecule has 3 N–H and O–H groups in total. The molecule has 4 heteroatoms. The number of rotatable bonds is 5. The van der Waals surface area contributed by atoms with Gasteiger partial charge in [0.25, 0.3) is 0 Å². The van der Waals surface area contributed by atoms with Crippen LogP contribution in [0.5, 0.6) is 0 Å². The van der Waals surface area contributed by atoms with Crippen LogP contribution in [-0.4, -0.2) is 0 Å². The molecule has 0 aliphatic heterocycles. The molecule has 2 atom stereocenters. The molecule has 0 aromatic heterocycles. The van der Waals surface area contributed by atoms with Crippen molar-refractivity contribution in [3.05, 3.63) is 34.1 Å². The minimum Gasteiger partial charge on any atom is -0.271 e. The maximum atomic E-state index is 13.8. The molecule has 0 heterocycles. The van der Waals surface area contributed by atoms with Crippen LogP contribution in [0.1, 0.15) is 38.3 Å². The Bertz CT molecular complexity index is 344. The molecule has 0 fully saturated rings. The summed E-state index contributed by atoms with van der Waals surface area (Å²) in [5, 5.41) is 0. The molecular formula is C12H18BrFN2. The van der Waals surface area contributed by atoms with Gasteiger partial charge in [-0.3, -0.25) is 11.3 Å². The lowest BCUT2D eigenvalue weighted by Gasteiger charge is -2.23. The number of nitrogens with two attached hydrogens (primary N) is 1. The molecule has 0 aliphatic rings. The number of halogens is 2. The summed E-state index contributed by atoms with van der Waals surface area (Å²) in [4.78, 5) is 0. The molecule has 0 saturated carbocycles. The minimum absolute atomic E-state index is 0.131. The van der Waals surface area contributed by atoms with Gasteiger partial charge in [0.2, 0.25) is 0 Å². The van der Waals surface area contributed by atoms with Crippen molar-refractivity contribution in [2.24, 2.45) is 11.8 Å². The van der Waals surface area contributed by atoms with Crippen LogP contribution in [0.2, 0.25) is 0 Å². The van der Waals surface area contributed by atoms with Gasteiger partial charge in [0.1, 0.15) is 5.82 Å². The first-order valence-corrected chi connectivity index (χ1v) is 6.30. The summed E-state index contributed by atoms with van der Waals surface area (Å²) < 4.78 is 14.5. The predicted octanol–water partition coefficient (Wildman–Crippen LogP) is 3.53. The van der Waals surface area contributed by atoms with Gasteiger partial charge in [-0.05, 0) is 24.5 Å². The van der Waals surface area contributed by atoms with Crippen LogP contribution < -0.4 is 11.3 Å². The first kappa shape index (κ1) is 13.6. The van der Waals surface area contributed by atoms with Crippen molar-refractivity contribution in [3.8, 4) is 0 Å². The van der Waals surface area contributed by atoms with Crippen molar-refractivity contribution in [2.45, 2.75) is 32.7 Å². The van der Waals surface area contributed by atoms with Gasteiger partial charge in [-0.1, -0.05) is 42.3 Å². The third-order valence-corrected chi connectivity index (χ3v) is 3.28. The summed E-state index contributed by atoms with van der Waals surface area (Å²) in [6.07, 6.45) is 2.09. The van der Waals surface area contributed by atoms with E-state index in [2.05, 4.69) is 35.2 Å². The molecule has 16 heavy (non-hydrogen) atoms. The highest BCUT2D eigenvalue weighted by Crippen LogP contribution is 2.28. The van der Waals surface area contributed by atoms with Crippen molar-refractivity contribution in [3.63, 3.8) is 0 Å². The number of hydrazine groups is 1. The Morgan fingerprint density at radius 3 is 2.69 bits per heavy atom. The molecule has 0 amide bonds. The topological polar surface area (TPSA) is 38.0 Å². The Hall–Kier alpha value is -0.450. The summed E-state index contributed by atoms with van der Waals surface area (Å²) in [5.74, 6) is 5.60. The van der Waals surface area contributed by atoms with Crippen molar-refractivity contribution in [1.82, 2.24) is 5.43 Å². The SMILES string of the molecule is CCCC(C)C(NN)c1ccc(Br)cc1F. The van der Waals surface area contributed by atoms with E-state index in [0.29, 0.717) is 11.5 Å². The summed E-state index contributed by atoms with van der Waals surface area (Å²) >= 11 is 3.24. The van der Waals surface area contributed by atoms with Crippen LogP contribution in [0.25, 0.3) is 0 Å². The average molecular weight is 289 g/mol. The molecule has 2 nitrogen and oxygen atoms in total. The highest BCUT2D eigenvalue weighted by molar-refractivity contribution is 9.10. The van der Waals surface area contributed by atoms with Gasteiger partial charge in [0.15, 0.2) is 0 Å². The van der Waals surface area contributed by atoms with Gasteiger partial charge in [-0.15, -0.1) is 0 Å².